The van der Waals surface area contributed by atoms with Crippen molar-refractivity contribution < 1.29 is 4.79 Å². The van der Waals surface area contributed by atoms with Crippen LogP contribution < -0.4 is 0 Å². The van der Waals surface area contributed by atoms with Gasteiger partial charge in [0.15, 0.2) is 5.78 Å². The summed E-state index contributed by atoms with van der Waals surface area (Å²) < 4.78 is 0. The standard InChI is InChI=1S/C21H33O/c1-2-3-4-5-6-7-8-9-10-11-12-16-19-21(22)20-17-14-13-15-18-20/h13-15,17H,2-12,16,19H2,1H3. The predicted octanol–water partition coefficient (Wildman–Crippen LogP) is 6.76. The van der Waals surface area contributed by atoms with E-state index in [0.717, 1.165) is 12.0 Å². The summed E-state index contributed by atoms with van der Waals surface area (Å²) in [7, 11) is 0. The Kier molecular flexibility index (Phi) is 11.7. The Morgan fingerprint density at radius 2 is 1.36 bits per heavy atom. The maximum Gasteiger partial charge on any atom is 0.163 e. The summed E-state index contributed by atoms with van der Waals surface area (Å²) in [5.74, 6) is 0.243. The topological polar surface area (TPSA) is 17.1 Å². The van der Waals surface area contributed by atoms with Crippen LogP contribution >= 0.6 is 0 Å². The monoisotopic (exact) mass is 301 g/mol. The maximum atomic E-state index is 11.9. The van der Waals surface area contributed by atoms with Crippen LogP contribution in [0.3, 0.4) is 0 Å². The van der Waals surface area contributed by atoms with E-state index in [0.29, 0.717) is 6.42 Å². The Bertz CT molecular complexity index is 369. The van der Waals surface area contributed by atoms with Crippen molar-refractivity contribution in [2.45, 2.75) is 90.4 Å². The van der Waals surface area contributed by atoms with Gasteiger partial charge in [0.2, 0.25) is 0 Å². The van der Waals surface area contributed by atoms with Gasteiger partial charge in [-0.05, 0) is 12.5 Å². The first-order chi connectivity index (χ1) is 10.8. The third-order valence-electron chi connectivity index (χ3n) is 4.27. The zero-order valence-electron chi connectivity index (χ0n) is 14.4. The smallest absolute Gasteiger partial charge is 0.163 e. The fourth-order valence-corrected chi connectivity index (χ4v) is 2.83. The number of benzene rings is 1. The summed E-state index contributed by atoms with van der Waals surface area (Å²) in [6.45, 7) is 2.27. The molecular formula is C21H33O. The number of rotatable bonds is 14. The number of ketones is 1. The highest BCUT2D eigenvalue weighted by atomic mass is 16.1. The summed E-state index contributed by atoms with van der Waals surface area (Å²) in [6.07, 6.45) is 16.7. The Hall–Kier alpha value is -1.11. The molecule has 0 bridgehead atoms. The minimum Gasteiger partial charge on any atom is -0.294 e. The second kappa shape index (κ2) is 13.5. The fourth-order valence-electron chi connectivity index (χ4n) is 2.83. The largest absolute Gasteiger partial charge is 0.294 e. The summed E-state index contributed by atoms with van der Waals surface area (Å²) in [6, 6.07) is 10.5. The van der Waals surface area contributed by atoms with Crippen molar-refractivity contribution in [2.75, 3.05) is 0 Å². The molecular weight excluding hydrogens is 268 g/mol. The lowest BCUT2D eigenvalue weighted by Crippen LogP contribution is -1.98. The lowest BCUT2D eigenvalue weighted by Gasteiger charge is -2.03. The normalized spacial score (nSPS) is 10.8. The predicted molar refractivity (Wildman–Crippen MR) is 95.3 cm³/mol. The van der Waals surface area contributed by atoms with Gasteiger partial charge in [0, 0.05) is 12.0 Å². The fraction of sp³-hybridized carbons (Fsp3) is 0.667. The van der Waals surface area contributed by atoms with Crippen LogP contribution in [0.2, 0.25) is 0 Å². The molecule has 0 saturated carbocycles. The molecule has 0 fully saturated rings. The quantitative estimate of drug-likeness (QED) is 0.274. The minimum absolute atomic E-state index is 0.243. The van der Waals surface area contributed by atoms with E-state index in [-0.39, 0.29) is 5.78 Å². The number of hydrogen-bond donors (Lipinski definition) is 0. The highest BCUT2D eigenvalue weighted by Gasteiger charge is 2.04. The third kappa shape index (κ3) is 9.76. The zero-order chi connectivity index (χ0) is 15.9. The molecule has 0 aromatic heterocycles. The van der Waals surface area contributed by atoms with Gasteiger partial charge in [-0.25, -0.2) is 0 Å². The summed E-state index contributed by atoms with van der Waals surface area (Å²) in [5.41, 5.74) is 0.741. The van der Waals surface area contributed by atoms with E-state index in [1.807, 2.05) is 24.3 Å². The van der Waals surface area contributed by atoms with Crippen LogP contribution in [-0.4, -0.2) is 5.78 Å². The van der Waals surface area contributed by atoms with Crippen molar-refractivity contribution >= 4 is 5.78 Å². The number of unbranched alkanes of at least 4 members (excludes halogenated alkanes) is 11. The first-order valence-electron chi connectivity index (χ1n) is 9.34. The molecule has 0 aliphatic carbocycles. The first kappa shape index (κ1) is 18.9. The van der Waals surface area contributed by atoms with Crippen molar-refractivity contribution in [3.8, 4) is 0 Å². The van der Waals surface area contributed by atoms with Crippen LogP contribution in [0.25, 0.3) is 0 Å². The number of carbonyl (C=O) groups is 1. The average molecular weight is 301 g/mol. The molecule has 0 atom stereocenters. The maximum absolute atomic E-state index is 11.9. The number of carbonyl (C=O) groups excluding carboxylic acids is 1. The minimum atomic E-state index is 0.243. The molecule has 123 valence electrons. The molecule has 1 nitrogen and oxygen atoms in total. The summed E-state index contributed by atoms with van der Waals surface area (Å²) in [5, 5.41) is 0. The van der Waals surface area contributed by atoms with Gasteiger partial charge >= 0.3 is 0 Å². The van der Waals surface area contributed by atoms with E-state index in [2.05, 4.69) is 13.0 Å². The third-order valence-corrected chi connectivity index (χ3v) is 4.27. The van der Waals surface area contributed by atoms with Gasteiger partial charge in [0.1, 0.15) is 0 Å². The zero-order valence-corrected chi connectivity index (χ0v) is 14.4. The summed E-state index contributed by atoms with van der Waals surface area (Å²) in [4.78, 5) is 11.9. The molecule has 1 radical (unpaired) electrons. The molecule has 22 heavy (non-hydrogen) atoms. The van der Waals surface area contributed by atoms with Crippen LogP contribution in [0.15, 0.2) is 24.3 Å². The molecule has 1 heteroatoms. The van der Waals surface area contributed by atoms with Gasteiger partial charge in [0.05, 0.1) is 0 Å². The SMILES string of the molecule is CCCCCCCCCCCCCCC(=O)c1[c]cccc1. The molecule has 0 saturated heterocycles. The van der Waals surface area contributed by atoms with Gasteiger partial charge in [-0.15, -0.1) is 0 Å². The van der Waals surface area contributed by atoms with Crippen molar-refractivity contribution in [1.29, 1.82) is 0 Å². The van der Waals surface area contributed by atoms with E-state index < -0.39 is 0 Å². The molecule has 0 aliphatic rings. The molecule has 1 aromatic rings. The van der Waals surface area contributed by atoms with E-state index in [9.17, 15) is 4.79 Å². The van der Waals surface area contributed by atoms with Crippen molar-refractivity contribution in [2.24, 2.45) is 0 Å². The highest BCUT2D eigenvalue weighted by Crippen LogP contribution is 2.13. The highest BCUT2D eigenvalue weighted by molar-refractivity contribution is 5.95. The van der Waals surface area contributed by atoms with Crippen LogP contribution in [-0.2, 0) is 0 Å². The molecule has 0 heterocycles. The van der Waals surface area contributed by atoms with Crippen molar-refractivity contribution in [3.05, 3.63) is 35.9 Å². The van der Waals surface area contributed by atoms with Gasteiger partial charge in [-0.2, -0.15) is 0 Å². The van der Waals surface area contributed by atoms with Gasteiger partial charge < -0.3 is 0 Å². The van der Waals surface area contributed by atoms with E-state index in [1.54, 1.807) is 0 Å². The summed E-state index contributed by atoms with van der Waals surface area (Å²) >= 11 is 0. The number of hydrogen-bond acceptors (Lipinski definition) is 1. The lowest BCUT2D eigenvalue weighted by molar-refractivity contribution is 0.0979. The molecule has 0 amide bonds. The molecule has 0 aliphatic heterocycles. The van der Waals surface area contributed by atoms with E-state index in [1.165, 1.54) is 70.6 Å². The second-order valence-electron chi connectivity index (χ2n) is 6.34. The van der Waals surface area contributed by atoms with Crippen LogP contribution in [0.1, 0.15) is 101 Å². The Labute approximate surface area is 137 Å². The average Bonchev–Trinajstić information content (AvgIpc) is 2.56. The van der Waals surface area contributed by atoms with Gasteiger partial charge in [-0.1, -0.05) is 102 Å². The molecule has 0 N–H and O–H groups in total. The Morgan fingerprint density at radius 3 is 1.86 bits per heavy atom. The lowest BCUT2D eigenvalue weighted by atomic mass is 10.0. The Morgan fingerprint density at radius 1 is 0.818 bits per heavy atom. The number of Topliss-reactive ketones (excluding diaryl/α,β-unsaturated/α-hetero) is 1. The Balaban J connectivity index is 1.85. The van der Waals surface area contributed by atoms with Crippen LogP contribution in [0, 0.1) is 6.07 Å². The van der Waals surface area contributed by atoms with Gasteiger partial charge in [0.25, 0.3) is 0 Å². The van der Waals surface area contributed by atoms with Crippen LogP contribution in [0.4, 0.5) is 0 Å². The van der Waals surface area contributed by atoms with Crippen molar-refractivity contribution in [3.63, 3.8) is 0 Å². The van der Waals surface area contributed by atoms with Crippen LogP contribution in [0.5, 0.6) is 0 Å². The first-order valence-corrected chi connectivity index (χ1v) is 9.34. The molecule has 0 unspecified atom stereocenters. The van der Waals surface area contributed by atoms with Gasteiger partial charge in [-0.3, -0.25) is 4.79 Å². The molecule has 1 aromatic carbocycles. The molecule has 0 spiro atoms. The van der Waals surface area contributed by atoms with E-state index in [4.69, 9.17) is 0 Å². The van der Waals surface area contributed by atoms with E-state index >= 15 is 0 Å². The second-order valence-corrected chi connectivity index (χ2v) is 6.34. The molecule has 1 rings (SSSR count). The van der Waals surface area contributed by atoms with Crippen molar-refractivity contribution in [1.82, 2.24) is 0 Å².